The summed E-state index contributed by atoms with van der Waals surface area (Å²) in [6.07, 6.45) is 2.38. The number of hydrogen-bond acceptors (Lipinski definition) is 3. The minimum atomic E-state index is -3.37. The summed E-state index contributed by atoms with van der Waals surface area (Å²) in [5.41, 5.74) is -0.866. The van der Waals surface area contributed by atoms with Crippen molar-refractivity contribution < 1.29 is 13.2 Å². The van der Waals surface area contributed by atoms with Crippen LogP contribution in [0.2, 0.25) is 0 Å². The highest BCUT2D eigenvalue weighted by molar-refractivity contribution is 7.89. The van der Waals surface area contributed by atoms with E-state index < -0.39 is 20.9 Å². The monoisotopic (exact) mass is 315 g/mol. The van der Waals surface area contributed by atoms with Crippen molar-refractivity contribution in [3.8, 4) is 0 Å². The van der Waals surface area contributed by atoms with Crippen LogP contribution in [0.5, 0.6) is 0 Å². The van der Waals surface area contributed by atoms with Gasteiger partial charge in [0.05, 0.1) is 5.75 Å². The summed E-state index contributed by atoms with van der Waals surface area (Å²) in [4.78, 5) is 12.3. The van der Waals surface area contributed by atoms with Crippen molar-refractivity contribution >= 4 is 15.8 Å². The third-order valence-electron chi connectivity index (χ3n) is 6.02. The minimum absolute atomic E-state index is 0.0545. The molecule has 122 valence electrons. The van der Waals surface area contributed by atoms with E-state index in [0.29, 0.717) is 6.42 Å². The molecule has 3 unspecified atom stereocenters. The lowest BCUT2D eigenvalue weighted by molar-refractivity contribution is -0.128. The fourth-order valence-electron chi connectivity index (χ4n) is 4.72. The number of hydrogen-bond donors (Lipinski definition) is 0. The van der Waals surface area contributed by atoms with Crippen molar-refractivity contribution in [1.29, 1.82) is 0 Å². The number of Topliss-reactive ketones (excluding diaryl/α,β-unsaturated/α-hetero) is 1. The predicted molar refractivity (Wildman–Crippen MR) is 84.5 cm³/mol. The maximum Gasteiger partial charge on any atom is 0.215 e. The maximum absolute atomic E-state index is 13.0. The van der Waals surface area contributed by atoms with Crippen LogP contribution in [0, 0.1) is 16.7 Å². The average molecular weight is 315 g/mol. The van der Waals surface area contributed by atoms with Gasteiger partial charge in [-0.05, 0) is 51.9 Å². The molecule has 2 saturated carbocycles. The smallest absolute Gasteiger partial charge is 0.215 e. The number of nitrogens with zero attached hydrogens (tertiary/aromatic N) is 1. The van der Waals surface area contributed by atoms with Gasteiger partial charge in [-0.25, -0.2) is 8.42 Å². The van der Waals surface area contributed by atoms with E-state index in [4.69, 9.17) is 0 Å². The Hall–Kier alpha value is -0.420. The van der Waals surface area contributed by atoms with Crippen LogP contribution in [0.15, 0.2) is 0 Å². The van der Waals surface area contributed by atoms with Crippen molar-refractivity contribution in [2.24, 2.45) is 16.7 Å². The summed E-state index contributed by atoms with van der Waals surface area (Å²) in [5, 5.41) is 0. The fraction of sp³-hybridized carbons (Fsp3) is 0.938. The first-order chi connectivity index (χ1) is 9.45. The van der Waals surface area contributed by atoms with E-state index in [2.05, 4.69) is 0 Å². The number of carbonyl (C=O) groups is 1. The Morgan fingerprint density at radius 1 is 1.19 bits per heavy atom. The van der Waals surface area contributed by atoms with Crippen LogP contribution in [0.1, 0.15) is 60.8 Å². The number of rotatable bonds is 5. The topological polar surface area (TPSA) is 54.5 Å². The zero-order valence-electron chi connectivity index (χ0n) is 14.1. The third kappa shape index (κ3) is 2.37. The standard InChI is InChI=1S/C16H29NO3S/c1-11(2)17(12(3)4)21(19,20)10-16(6)13-7-8-15(16,5)14(18)9-13/h11-13H,7-10H2,1-6H3. The highest BCUT2D eigenvalue weighted by atomic mass is 32.2. The molecule has 2 aliphatic rings. The Morgan fingerprint density at radius 2 is 1.71 bits per heavy atom. The normalized spacial score (nSPS) is 36.4. The molecule has 0 radical (unpaired) electrons. The van der Waals surface area contributed by atoms with Crippen molar-refractivity contribution in [3.05, 3.63) is 0 Å². The number of sulfonamides is 1. The second kappa shape index (κ2) is 5.05. The summed E-state index contributed by atoms with van der Waals surface area (Å²) < 4.78 is 27.5. The molecule has 2 bridgehead atoms. The molecule has 0 N–H and O–H groups in total. The quantitative estimate of drug-likeness (QED) is 0.784. The van der Waals surface area contributed by atoms with Crippen molar-refractivity contribution in [2.45, 2.75) is 72.9 Å². The van der Waals surface area contributed by atoms with E-state index in [9.17, 15) is 13.2 Å². The summed E-state index contributed by atoms with van der Waals surface area (Å²) in [5.74, 6) is 0.589. The Morgan fingerprint density at radius 3 is 2.05 bits per heavy atom. The Bertz CT molecular complexity index is 532. The van der Waals surface area contributed by atoms with Crippen LogP contribution < -0.4 is 0 Å². The van der Waals surface area contributed by atoms with Crippen LogP contribution in [0.25, 0.3) is 0 Å². The minimum Gasteiger partial charge on any atom is -0.299 e. The molecular formula is C16H29NO3S. The van der Waals surface area contributed by atoms with Gasteiger partial charge < -0.3 is 0 Å². The van der Waals surface area contributed by atoms with Crippen LogP contribution in [0.3, 0.4) is 0 Å². The summed E-state index contributed by atoms with van der Waals surface area (Å²) in [7, 11) is -3.37. The average Bonchev–Trinajstić information content (AvgIpc) is 2.60. The molecule has 2 rings (SSSR count). The van der Waals surface area contributed by atoms with E-state index in [-0.39, 0.29) is 29.5 Å². The highest BCUT2D eigenvalue weighted by Crippen LogP contribution is 2.64. The molecular weight excluding hydrogens is 286 g/mol. The number of ketones is 1. The number of carbonyl (C=O) groups excluding carboxylic acids is 1. The molecule has 3 atom stereocenters. The molecule has 0 aliphatic heterocycles. The van der Waals surface area contributed by atoms with Gasteiger partial charge in [-0.15, -0.1) is 0 Å². The van der Waals surface area contributed by atoms with Crippen LogP contribution in [-0.4, -0.2) is 36.3 Å². The zero-order valence-corrected chi connectivity index (χ0v) is 15.0. The largest absolute Gasteiger partial charge is 0.299 e. The lowest BCUT2D eigenvalue weighted by Crippen LogP contribution is -2.49. The van der Waals surface area contributed by atoms with E-state index in [1.54, 1.807) is 4.31 Å². The summed E-state index contributed by atoms with van der Waals surface area (Å²) in [6, 6.07) is -0.109. The lowest BCUT2D eigenvalue weighted by atomic mass is 9.70. The van der Waals surface area contributed by atoms with Gasteiger partial charge >= 0.3 is 0 Å². The predicted octanol–water partition coefficient (Wildman–Crippen LogP) is 2.83. The molecule has 0 aromatic heterocycles. The SMILES string of the molecule is CC(C)N(C(C)C)S(=O)(=O)CC1(C)C2CCC1(C)C(=O)C2. The second-order valence-corrected chi connectivity index (χ2v) is 9.76. The molecule has 0 aromatic carbocycles. The molecule has 0 amide bonds. The fourth-order valence-corrected chi connectivity index (χ4v) is 7.47. The molecule has 0 aromatic rings. The Labute approximate surface area is 129 Å². The third-order valence-corrected chi connectivity index (χ3v) is 8.47. The molecule has 0 heterocycles. The van der Waals surface area contributed by atoms with Crippen LogP contribution >= 0.6 is 0 Å². The molecule has 4 nitrogen and oxygen atoms in total. The number of fused-ring (bicyclic) bond motifs is 2. The Kier molecular flexibility index (Phi) is 4.08. The molecule has 5 heteroatoms. The van der Waals surface area contributed by atoms with Gasteiger partial charge in [0.15, 0.2) is 0 Å². The molecule has 0 spiro atoms. The first kappa shape index (κ1) is 16.9. The second-order valence-electron chi connectivity index (χ2n) is 7.89. The first-order valence-corrected chi connectivity index (χ1v) is 9.61. The van der Waals surface area contributed by atoms with Gasteiger partial charge in [-0.3, -0.25) is 4.79 Å². The van der Waals surface area contributed by atoms with Gasteiger partial charge in [-0.2, -0.15) is 4.31 Å². The van der Waals surface area contributed by atoms with E-state index in [1.807, 2.05) is 41.5 Å². The first-order valence-electron chi connectivity index (χ1n) is 8.00. The Balaban J connectivity index is 2.35. The lowest BCUT2D eigenvalue weighted by Gasteiger charge is -2.39. The zero-order chi connectivity index (χ0) is 16.2. The van der Waals surface area contributed by atoms with Crippen molar-refractivity contribution in [3.63, 3.8) is 0 Å². The van der Waals surface area contributed by atoms with E-state index in [1.165, 1.54) is 0 Å². The molecule has 0 saturated heterocycles. The van der Waals surface area contributed by atoms with E-state index >= 15 is 0 Å². The van der Waals surface area contributed by atoms with Gasteiger partial charge in [0.1, 0.15) is 5.78 Å². The molecule has 21 heavy (non-hydrogen) atoms. The molecule has 2 fully saturated rings. The van der Waals surface area contributed by atoms with Gasteiger partial charge in [-0.1, -0.05) is 13.8 Å². The van der Waals surface area contributed by atoms with E-state index in [0.717, 1.165) is 12.8 Å². The van der Waals surface area contributed by atoms with Crippen molar-refractivity contribution in [2.75, 3.05) is 5.75 Å². The summed E-state index contributed by atoms with van der Waals surface area (Å²) in [6.45, 7) is 11.6. The maximum atomic E-state index is 13.0. The van der Waals surface area contributed by atoms with Gasteiger partial charge in [0.25, 0.3) is 0 Å². The van der Waals surface area contributed by atoms with Gasteiger partial charge in [0.2, 0.25) is 10.0 Å². The van der Waals surface area contributed by atoms with Gasteiger partial charge in [0, 0.05) is 23.9 Å². The van der Waals surface area contributed by atoms with Crippen LogP contribution in [0.4, 0.5) is 0 Å². The summed E-state index contributed by atoms with van der Waals surface area (Å²) >= 11 is 0. The van der Waals surface area contributed by atoms with Crippen LogP contribution in [-0.2, 0) is 14.8 Å². The van der Waals surface area contributed by atoms with Crippen molar-refractivity contribution in [1.82, 2.24) is 4.31 Å². The highest BCUT2D eigenvalue weighted by Gasteiger charge is 2.65. The molecule has 2 aliphatic carbocycles.